The number of likely N-dealkylation sites (tertiary alicyclic amines) is 1. The lowest BCUT2D eigenvalue weighted by atomic mass is 9.93. The molecule has 0 spiro atoms. The van der Waals surface area contributed by atoms with Crippen LogP contribution in [0.4, 0.5) is 0 Å². The first-order valence-corrected chi connectivity index (χ1v) is 8.30. The second-order valence-corrected chi connectivity index (χ2v) is 6.40. The minimum Gasteiger partial charge on any atom is -0.484 e. The van der Waals surface area contributed by atoms with E-state index in [1.54, 1.807) is 0 Å². The molecule has 0 bridgehead atoms. The number of hydrogen-bond donors (Lipinski definition) is 0. The Bertz CT molecular complexity index is 514. The van der Waals surface area contributed by atoms with Crippen molar-refractivity contribution < 1.29 is 14.3 Å². The van der Waals surface area contributed by atoms with E-state index >= 15 is 0 Å². The SMILES string of the molecule is CCc1ccc(OCC(=O)N2CC[C@@H]3O[C@@H](C)C[C@H]3C2)cc1. The second-order valence-electron chi connectivity index (χ2n) is 6.40. The molecule has 2 aliphatic heterocycles. The van der Waals surface area contributed by atoms with Crippen LogP contribution < -0.4 is 4.74 Å². The first kappa shape index (κ1) is 15.3. The Hall–Kier alpha value is -1.55. The lowest BCUT2D eigenvalue weighted by Gasteiger charge is -2.34. The molecule has 22 heavy (non-hydrogen) atoms. The van der Waals surface area contributed by atoms with Crippen molar-refractivity contribution in [3.05, 3.63) is 29.8 Å². The van der Waals surface area contributed by atoms with Gasteiger partial charge < -0.3 is 14.4 Å². The number of piperidine rings is 1. The van der Waals surface area contributed by atoms with Gasteiger partial charge in [0, 0.05) is 19.0 Å². The summed E-state index contributed by atoms with van der Waals surface area (Å²) in [6.45, 7) is 5.96. The quantitative estimate of drug-likeness (QED) is 0.858. The first-order chi connectivity index (χ1) is 10.7. The molecule has 2 fully saturated rings. The molecule has 0 aromatic heterocycles. The molecule has 0 saturated carbocycles. The molecule has 120 valence electrons. The van der Waals surface area contributed by atoms with Gasteiger partial charge in [-0.15, -0.1) is 0 Å². The predicted molar refractivity (Wildman–Crippen MR) is 85.0 cm³/mol. The summed E-state index contributed by atoms with van der Waals surface area (Å²) in [5.41, 5.74) is 1.27. The summed E-state index contributed by atoms with van der Waals surface area (Å²) in [6.07, 6.45) is 3.70. The zero-order valence-electron chi connectivity index (χ0n) is 13.5. The van der Waals surface area contributed by atoms with E-state index in [1.807, 2.05) is 29.2 Å². The molecule has 4 nitrogen and oxygen atoms in total. The van der Waals surface area contributed by atoms with E-state index in [2.05, 4.69) is 13.8 Å². The molecule has 3 rings (SSSR count). The smallest absolute Gasteiger partial charge is 0.260 e. The zero-order valence-corrected chi connectivity index (χ0v) is 13.5. The van der Waals surface area contributed by atoms with Crippen LogP contribution in [0.2, 0.25) is 0 Å². The topological polar surface area (TPSA) is 38.8 Å². The van der Waals surface area contributed by atoms with Gasteiger partial charge in [0.1, 0.15) is 5.75 Å². The molecule has 2 saturated heterocycles. The third-order valence-electron chi connectivity index (χ3n) is 4.75. The van der Waals surface area contributed by atoms with Crippen molar-refractivity contribution in [2.45, 2.75) is 45.3 Å². The highest BCUT2D eigenvalue weighted by molar-refractivity contribution is 5.77. The van der Waals surface area contributed by atoms with Gasteiger partial charge in [0.2, 0.25) is 0 Å². The van der Waals surface area contributed by atoms with Crippen molar-refractivity contribution in [1.29, 1.82) is 0 Å². The number of carbonyl (C=O) groups is 1. The molecule has 0 unspecified atom stereocenters. The number of benzene rings is 1. The van der Waals surface area contributed by atoms with Gasteiger partial charge in [-0.25, -0.2) is 0 Å². The van der Waals surface area contributed by atoms with E-state index in [0.29, 0.717) is 18.1 Å². The number of nitrogens with zero attached hydrogens (tertiary/aromatic N) is 1. The van der Waals surface area contributed by atoms with Crippen LogP contribution in [0.5, 0.6) is 5.75 Å². The molecule has 1 amide bonds. The minimum atomic E-state index is 0.0811. The van der Waals surface area contributed by atoms with Crippen molar-refractivity contribution in [1.82, 2.24) is 4.90 Å². The van der Waals surface area contributed by atoms with Crippen LogP contribution in [0, 0.1) is 5.92 Å². The Morgan fingerprint density at radius 3 is 2.86 bits per heavy atom. The molecule has 3 atom stereocenters. The second kappa shape index (κ2) is 6.69. The number of ether oxygens (including phenoxy) is 2. The van der Waals surface area contributed by atoms with E-state index in [1.165, 1.54) is 5.56 Å². The van der Waals surface area contributed by atoms with E-state index in [4.69, 9.17) is 9.47 Å². The number of amides is 1. The van der Waals surface area contributed by atoms with Gasteiger partial charge in [-0.1, -0.05) is 19.1 Å². The summed E-state index contributed by atoms with van der Waals surface area (Å²) >= 11 is 0. The van der Waals surface area contributed by atoms with Gasteiger partial charge in [0.15, 0.2) is 6.61 Å². The standard InChI is InChI=1S/C18H25NO3/c1-3-14-4-6-16(7-5-14)21-12-18(20)19-9-8-17-15(11-19)10-13(2)22-17/h4-7,13,15,17H,3,8-12H2,1-2H3/t13-,15-,17-/m0/s1. The molecule has 0 aliphatic carbocycles. The predicted octanol–water partition coefficient (Wildman–Crippen LogP) is 2.65. The van der Waals surface area contributed by atoms with Crippen LogP contribution >= 0.6 is 0 Å². The highest BCUT2D eigenvalue weighted by Gasteiger charge is 2.38. The summed E-state index contributed by atoms with van der Waals surface area (Å²) < 4.78 is 11.5. The maximum Gasteiger partial charge on any atom is 0.260 e. The van der Waals surface area contributed by atoms with Crippen molar-refractivity contribution >= 4 is 5.91 Å². The fourth-order valence-corrected chi connectivity index (χ4v) is 3.48. The number of hydrogen-bond acceptors (Lipinski definition) is 3. The summed E-state index contributed by atoms with van der Waals surface area (Å²) in [5, 5.41) is 0. The summed E-state index contributed by atoms with van der Waals surface area (Å²) in [4.78, 5) is 14.3. The lowest BCUT2D eigenvalue weighted by molar-refractivity contribution is -0.136. The molecule has 2 heterocycles. The molecular weight excluding hydrogens is 278 g/mol. The van der Waals surface area contributed by atoms with E-state index in [9.17, 15) is 4.79 Å². The first-order valence-electron chi connectivity index (χ1n) is 8.30. The molecule has 2 aliphatic rings. The Morgan fingerprint density at radius 1 is 1.36 bits per heavy atom. The van der Waals surface area contributed by atoms with Gasteiger partial charge in [0.05, 0.1) is 12.2 Å². The zero-order chi connectivity index (χ0) is 15.5. The average Bonchev–Trinajstić information content (AvgIpc) is 2.92. The van der Waals surface area contributed by atoms with Crippen LogP contribution in [0.25, 0.3) is 0 Å². The van der Waals surface area contributed by atoms with Crippen LogP contribution in [-0.2, 0) is 16.0 Å². The van der Waals surface area contributed by atoms with Gasteiger partial charge in [-0.2, -0.15) is 0 Å². The average molecular weight is 303 g/mol. The van der Waals surface area contributed by atoms with Crippen LogP contribution in [0.1, 0.15) is 32.3 Å². The van der Waals surface area contributed by atoms with E-state index in [-0.39, 0.29) is 12.5 Å². The van der Waals surface area contributed by atoms with Gasteiger partial charge in [0.25, 0.3) is 5.91 Å². The Balaban J connectivity index is 1.49. The molecule has 0 N–H and O–H groups in total. The highest BCUT2D eigenvalue weighted by Crippen LogP contribution is 2.32. The normalized spacial score (nSPS) is 27.5. The fourth-order valence-electron chi connectivity index (χ4n) is 3.48. The molecule has 1 aromatic rings. The Kier molecular flexibility index (Phi) is 4.67. The van der Waals surface area contributed by atoms with Crippen LogP contribution in [0.15, 0.2) is 24.3 Å². The monoisotopic (exact) mass is 303 g/mol. The Morgan fingerprint density at radius 2 is 2.14 bits per heavy atom. The summed E-state index contributed by atoms with van der Waals surface area (Å²) in [6, 6.07) is 7.96. The lowest BCUT2D eigenvalue weighted by Crippen LogP contribution is -2.46. The molecule has 4 heteroatoms. The number of aryl methyl sites for hydroxylation is 1. The van der Waals surface area contributed by atoms with Crippen LogP contribution in [-0.4, -0.2) is 42.7 Å². The van der Waals surface area contributed by atoms with Gasteiger partial charge in [-0.05, 0) is 43.9 Å². The number of carbonyl (C=O) groups excluding carboxylic acids is 1. The van der Waals surface area contributed by atoms with Crippen molar-refractivity contribution in [3.8, 4) is 5.75 Å². The largest absolute Gasteiger partial charge is 0.484 e. The number of rotatable bonds is 4. The highest BCUT2D eigenvalue weighted by atomic mass is 16.5. The van der Waals surface area contributed by atoms with Crippen molar-refractivity contribution in [2.75, 3.05) is 19.7 Å². The van der Waals surface area contributed by atoms with Crippen molar-refractivity contribution in [2.24, 2.45) is 5.92 Å². The van der Waals surface area contributed by atoms with Crippen LogP contribution in [0.3, 0.4) is 0 Å². The fraction of sp³-hybridized carbons (Fsp3) is 0.611. The molecular formula is C18H25NO3. The maximum absolute atomic E-state index is 12.3. The summed E-state index contributed by atoms with van der Waals surface area (Å²) in [7, 11) is 0. The maximum atomic E-state index is 12.3. The van der Waals surface area contributed by atoms with Gasteiger partial charge >= 0.3 is 0 Å². The summed E-state index contributed by atoms with van der Waals surface area (Å²) in [5.74, 6) is 1.34. The third-order valence-corrected chi connectivity index (χ3v) is 4.75. The van der Waals surface area contributed by atoms with E-state index < -0.39 is 0 Å². The Labute approximate surface area is 132 Å². The molecule has 0 radical (unpaired) electrons. The van der Waals surface area contributed by atoms with Crippen molar-refractivity contribution in [3.63, 3.8) is 0 Å². The minimum absolute atomic E-state index is 0.0811. The van der Waals surface area contributed by atoms with E-state index in [0.717, 1.165) is 38.1 Å². The number of fused-ring (bicyclic) bond motifs is 1. The molecule has 1 aromatic carbocycles. The van der Waals surface area contributed by atoms with Gasteiger partial charge in [-0.3, -0.25) is 4.79 Å². The third kappa shape index (κ3) is 3.43.